The Morgan fingerprint density at radius 2 is 1.89 bits per heavy atom. The molecule has 0 spiro atoms. The molecule has 2 aromatic carbocycles. The molecule has 1 unspecified atom stereocenters. The highest BCUT2D eigenvalue weighted by Crippen LogP contribution is 2.23. The van der Waals surface area contributed by atoms with Crippen molar-refractivity contribution in [2.24, 2.45) is 0 Å². The number of hydrogen-bond donors (Lipinski definition) is 1. The molecule has 0 radical (unpaired) electrons. The molecule has 0 heterocycles. The summed E-state index contributed by atoms with van der Waals surface area (Å²) in [4.78, 5) is 13.0. The largest absolute Gasteiger partial charge is 0.496 e. The fourth-order valence-electron chi connectivity index (χ4n) is 2.84. The van der Waals surface area contributed by atoms with E-state index < -0.39 is 9.84 Å². The lowest BCUT2D eigenvalue weighted by Crippen LogP contribution is -2.28. The predicted molar refractivity (Wildman–Crippen MR) is 107 cm³/mol. The average Bonchev–Trinajstić information content (AvgIpc) is 2.65. The summed E-state index contributed by atoms with van der Waals surface area (Å²) >= 11 is 0. The SMILES string of the molecule is C=CCc1cc(C(=O)NC(CC)c2ccc(S(C)(=O)=O)cc2)ccc1OC. The Hall–Kier alpha value is -2.60. The van der Waals surface area contributed by atoms with Gasteiger partial charge in [0.2, 0.25) is 0 Å². The minimum absolute atomic E-state index is 0.193. The van der Waals surface area contributed by atoms with Gasteiger partial charge in [-0.1, -0.05) is 25.1 Å². The van der Waals surface area contributed by atoms with Crippen LogP contribution in [0.25, 0.3) is 0 Å². The van der Waals surface area contributed by atoms with E-state index in [1.807, 2.05) is 6.92 Å². The van der Waals surface area contributed by atoms with E-state index in [-0.39, 0.29) is 16.8 Å². The third-order valence-electron chi connectivity index (χ3n) is 4.33. The molecule has 0 saturated carbocycles. The molecule has 6 heteroatoms. The van der Waals surface area contributed by atoms with Crippen LogP contribution in [0.3, 0.4) is 0 Å². The highest BCUT2D eigenvalue weighted by Gasteiger charge is 2.16. The molecule has 27 heavy (non-hydrogen) atoms. The number of hydrogen-bond acceptors (Lipinski definition) is 4. The maximum Gasteiger partial charge on any atom is 0.251 e. The molecule has 1 N–H and O–H groups in total. The number of ether oxygens (including phenoxy) is 1. The van der Waals surface area contributed by atoms with Gasteiger partial charge < -0.3 is 10.1 Å². The van der Waals surface area contributed by atoms with Gasteiger partial charge in [-0.3, -0.25) is 4.79 Å². The second-order valence-electron chi connectivity index (χ2n) is 6.29. The summed E-state index contributed by atoms with van der Waals surface area (Å²) < 4.78 is 28.5. The van der Waals surface area contributed by atoms with Gasteiger partial charge in [-0.15, -0.1) is 6.58 Å². The first-order valence-electron chi connectivity index (χ1n) is 8.68. The van der Waals surface area contributed by atoms with E-state index in [0.29, 0.717) is 18.4 Å². The van der Waals surface area contributed by atoms with Crippen molar-refractivity contribution in [2.75, 3.05) is 13.4 Å². The maximum atomic E-state index is 12.7. The third kappa shape index (κ3) is 5.20. The summed E-state index contributed by atoms with van der Waals surface area (Å²) in [5, 5.41) is 3.01. The molecule has 2 rings (SSSR count). The van der Waals surface area contributed by atoms with Crippen LogP contribution in [0.5, 0.6) is 5.75 Å². The molecule has 0 aliphatic rings. The van der Waals surface area contributed by atoms with Gasteiger partial charge in [0.1, 0.15) is 5.75 Å². The number of carbonyl (C=O) groups is 1. The van der Waals surface area contributed by atoms with Crippen LogP contribution < -0.4 is 10.1 Å². The Bertz CT molecular complexity index is 918. The fourth-order valence-corrected chi connectivity index (χ4v) is 3.48. The lowest BCUT2D eigenvalue weighted by molar-refractivity contribution is 0.0935. The second-order valence-corrected chi connectivity index (χ2v) is 8.31. The predicted octanol–water partition coefficient (Wildman–Crippen LogP) is 3.71. The van der Waals surface area contributed by atoms with Crippen molar-refractivity contribution >= 4 is 15.7 Å². The van der Waals surface area contributed by atoms with Crippen molar-refractivity contribution in [3.8, 4) is 5.75 Å². The van der Waals surface area contributed by atoms with Gasteiger partial charge in [0.25, 0.3) is 5.91 Å². The van der Waals surface area contributed by atoms with E-state index in [9.17, 15) is 13.2 Å². The smallest absolute Gasteiger partial charge is 0.251 e. The number of rotatable bonds is 8. The monoisotopic (exact) mass is 387 g/mol. The normalized spacial score (nSPS) is 12.3. The molecule has 0 aromatic heterocycles. The molecule has 0 fully saturated rings. The molecule has 0 bridgehead atoms. The Morgan fingerprint density at radius 3 is 2.41 bits per heavy atom. The number of allylic oxidation sites excluding steroid dienone is 1. The average molecular weight is 388 g/mol. The van der Waals surface area contributed by atoms with Gasteiger partial charge in [-0.2, -0.15) is 0 Å². The first kappa shape index (κ1) is 20.7. The number of benzene rings is 2. The molecule has 2 aromatic rings. The Labute approximate surface area is 161 Å². The number of amides is 1. The van der Waals surface area contributed by atoms with E-state index in [1.54, 1.807) is 55.7 Å². The van der Waals surface area contributed by atoms with Crippen molar-refractivity contribution in [1.82, 2.24) is 5.32 Å². The van der Waals surface area contributed by atoms with Crippen LogP contribution in [-0.4, -0.2) is 27.7 Å². The summed E-state index contributed by atoms with van der Waals surface area (Å²) in [6, 6.07) is 11.7. The molecule has 0 saturated heterocycles. The van der Waals surface area contributed by atoms with E-state index >= 15 is 0 Å². The van der Waals surface area contributed by atoms with Gasteiger partial charge in [-0.25, -0.2) is 8.42 Å². The molecule has 0 aliphatic heterocycles. The number of sulfone groups is 1. The molecule has 1 atom stereocenters. The van der Waals surface area contributed by atoms with E-state index in [1.165, 1.54) is 6.26 Å². The van der Waals surface area contributed by atoms with E-state index in [4.69, 9.17) is 4.74 Å². The second kappa shape index (κ2) is 8.86. The Kier molecular flexibility index (Phi) is 6.80. The molecule has 5 nitrogen and oxygen atoms in total. The molecular formula is C21H25NO4S. The lowest BCUT2D eigenvalue weighted by atomic mass is 10.0. The molecule has 144 valence electrons. The highest BCUT2D eigenvalue weighted by atomic mass is 32.2. The van der Waals surface area contributed by atoms with Crippen LogP contribution in [-0.2, 0) is 16.3 Å². The van der Waals surface area contributed by atoms with E-state index in [2.05, 4.69) is 11.9 Å². The van der Waals surface area contributed by atoms with Crippen LogP contribution in [0.4, 0.5) is 0 Å². The minimum atomic E-state index is -3.24. The highest BCUT2D eigenvalue weighted by molar-refractivity contribution is 7.90. The van der Waals surface area contributed by atoms with Crippen LogP contribution in [0.15, 0.2) is 60.0 Å². The summed E-state index contributed by atoms with van der Waals surface area (Å²) in [5.74, 6) is 0.525. The first-order chi connectivity index (χ1) is 12.8. The topological polar surface area (TPSA) is 72.5 Å². The van der Waals surface area contributed by atoms with Gasteiger partial charge in [0.15, 0.2) is 9.84 Å². The molecular weight excluding hydrogens is 362 g/mol. The van der Waals surface area contributed by atoms with Crippen LogP contribution >= 0.6 is 0 Å². The minimum Gasteiger partial charge on any atom is -0.496 e. The van der Waals surface area contributed by atoms with Crippen molar-refractivity contribution < 1.29 is 17.9 Å². The zero-order valence-corrected chi connectivity index (χ0v) is 16.7. The van der Waals surface area contributed by atoms with Crippen molar-refractivity contribution in [1.29, 1.82) is 0 Å². The quantitative estimate of drug-likeness (QED) is 0.701. The standard InChI is InChI=1S/C21H25NO4S/c1-5-7-16-14-17(10-13-20(16)26-3)21(23)22-19(6-2)15-8-11-18(12-9-15)27(4,24)25/h5,8-14,19H,1,6-7H2,2-4H3,(H,22,23). The number of nitrogens with one attached hydrogen (secondary N) is 1. The van der Waals surface area contributed by atoms with Gasteiger partial charge in [0, 0.05) is 11.8 Å². The van der Waals surface area contributed by atoms with Gasteiger partial charge in [0.05, 0.1) is 18.0 Å². The lowest BCUT2D eigenvalue weighted by Gasteiger charge is -2.18. The van der Waals surface area contributed by atoms with Crippen molar-refractivity contribution in [2.45, 2.75) is 30.7 Å². The number of carbonyl (C=O) groups excluding carboxylic acids is 1. The molecule has 0 aliphatic carbocycles. The van der Waals surface area contributed by atoms with Crippen LogP contribution in [0, 0.1) is 0 Å². The maximum absolute atomic E-state index is 12.7. The van der Waals surface area contributed by atoms with Crippen LogP contribution in [0.2, 0.25) is 0 Å². The summed E-state index contributed by atoms with van der Waals surface area (Å²) in [6.07, 6.45) is 4.22. The molecule has 1 amide bonds. The van der Waals surface area contributed by atoms with Gasteiger partial charge in [-0.05, 0) is 54.3 Å². The third-order valence-corrected chi connectivity index (χ3v) is 5.46. The first-order valence-corrected chi connectivity index (χ1v) is 10.6. The Balaban J connectivity index is 2.22. The van der Waals surface area contributed by atoms with E-state index in [0.717, 1.165) is 16.9 Å². The Morgan fingerprint density at radius 1 is 1.22 bits per heavy atom. The van der Waals surface area contributed by atoms with Crippen molar-refractivity contribution in [3.05, 3.63) is 71.8 Å². The zero-order chi connectivity index (χ0) is 20.0. The van der Waals surface area contributed by atoms with Crippen molar-refractivity contribution in [3.63, 3.8) is 0 Å². The number of methoxy groups -OCH3 is 1. The zero-order valence-electron chi connectivity index (χ0n) is 15.9. The van der Waals surface area contributed by atoms with Crippen LogP contribution in [0.1, 0.15) is 40.9 Å². The van der Waals surface area contributed by atoms with Gasteiger partial charge >= 0.3 is 0 Å². The summed E-state index contributed by atoms with van der Waals surface area (Å²) in [6.45, 7) is 5.70. The fraction of sp³-hybridized carbons (Fsp3) is 0.286. The summed E-state index contributed by atoms with van der Waals surface area (Å²) in [5.41, 5.74) is 2.29. The summed E-state index contributed by atoms with van der Waals surface area (Å²) in [7, 11) is -1.65.